The van der Waals surface area contributed by atoms with Gasteiger partial charge in [-0.1, -0.05) is 30.3 Å². The highest BCUT2D eigenvalue weighted by Gasteiger charge is 2.27. The largest absolute Gasteiger partial charge is 0.444 e. The standard InChI is InChI=1S/C16H23NO3/c1-12(18)11-17(15(19)20-16(3,4)5)13(2)14-9-7-6-8-10-14/h6-10,13H,11H2,1-5H3. The highest BCUT2D eigenvalue weighted by atomic mass is 16.6. The zero-order valence-corrected chi connectivity index (χ0v) is 12.8. The van der Waals surface area contributed by atoms with E-state index >= 15 is 0 Å². The molecule has 1 atom stereocenters. The minimum Gasteiger partial charge on any atom is -0.444 e. The number of rotatable bonds is 4. The fourth-order valence-corrected chi connectivity index (χ4v) is 1.83. The zero-order chi connectivity index (χ0) is 15.3. The fourth-order valence-electron chi connectivity index (χ4n) is 1.83. The molecule has 1 unspecified atom stereocenters. The number of hydrogen-bond acceptors (Lipinski definition) is 3. The minimum absolute atomic E-state index is 0.0466. The van der Waals surface area contributed by atoms with E-state index < -0.39 is 11.7 Å². The second kappa shape index (κ2) is 6.55. The molecule has 1 rings (SSSR count). The number of nitrogens with zero attached hydrogens (tertiary/aromatic N) is 1. The van der Waals surface area contributed by atoms with Crippen LogP contribution in [-0.4, -0.2) is 28.9 Å². The number of carbonyl (C=O) groups is 2. The van der Waals surface area contributed by atoms with E-state index in [-0.39, 0.29) is 18.4 Å². The number of benzene rings is 1. The van der Waals surface area contributed by atoms with Crippen molar-refractivity contribution in [2.45, 2.75) is 46.3 Å². The third-order valence-electron chi connectivity index (χ3n) is 2.77. The maximum Gasteiger partial charge on any atom is 0.411 e. The summed E-state index contributed by atoms with van der Waals surface area (Å²) in [5, 5.41) is 0. The quantitative estimate of drug-likeness (QED) is 0.845. The number of amides is 1. The summed E-state index contributed by atoms with van der Waals surface area (Å²) in [4.78, 5) is 25.1. The van der Waals surface area contributed by atoms with Crippen molar-refractivity contribution in [3.8, 4) is 0 Å². The molecule has 4 heteroatoms. The highest BCUT2D eigenvalue weighted by molar-refractivity contribution is 5.82. The van der Waals surface area contributed by atoms with E-state index in [1.165, 1.54) is 11.8 Å². The van der Waals surface area contributed by atoms with Crippen LogP contribution in [0.3, 0.4) is 0 Å². The van der Waals surface area contributed by atoms with E-state index in [1.54, 1.807) is 0 Å². The molecule has 110 valence electrons. The van der Waals surface area contributed by atoms with E-state index in [2.05, 4.69) is 0 Å². The highest BCUT2D eigenvalue weighted by Crippen LogP contribution is 2.22. The smallest absolute Gasteiger partial charge is 0.411 e. The molecule has 0 saturated heterocycles. The van der Waals surface area contributed by atoms with Crippen molar-refractivity contribution in [3.05, 3.63) is 35.9 Å². The molecule has 0 aliphatic rings. The van der Waals surface area contributed by atoms with Crippen molar-refractivity contribution in [1.82, 2.24) is 4.90 Å². The van der Waals surface area contributed by atoms with E-state index in [4.69, 9.17) is 4.74 Å². The number of Topliss-reactive ketones (excluding diaryl/α,β-unsaturated/α-hetero) is 1. The van der Waals surface area contributed by atoms with Crippen LogP contribution in [0.1, 0.15) is 46.2 Å². The van der Waals surface area contributed by atoms with E-state index in [1.807, 2.05) is 58.0 Å². The summed E-state index contributed by atoms with van der Waals surface area (Å²) in [7, 11) is 0. The first-order valence-corrected chi connectivity index (χ1v) is 6.74. The van der Waals surface area contributed by atoms with Gasteiger partial charge in [0.2, 0.25) is 0 Å². The van der Waals surface area contributed by atoms with Gasteiger partial charge in [-0.15, -0.1) is 0 Å². The Balaban J connectivity index is 2.94. The van der Waals surface area contributed by atoms with Gasteiger partial charge in [0.25, 0.3) is 0 Å². The van der Waals surface area contributed by atoms with Crippen molar-refractivity contribution in [1.29, 1.82) is 0 Å². The van der Waals surface area contributed by atoms with Crippen LogP contribution < -0.4 is 0 Å². The van der Waals surface area contributed by atoms with Gasteiger partial charge >= 0.3 is 6.09 Å². The summed E-state index contributed by atoms with van der Waals surface area (Å²) in [6.45, 7) is 8.83. The summed E-state index contributed by atoms with van der Waals surface area (Å²) in [6.07, 6.45) is -0.468. The van der Waals surface area contributed by atoms with Crippen molar-refractivity contribution < 1.29 is 14.3 Å². The molecule has 0 saturated carbocycles. The van der Waals surface area contributed by atoms with Gasteiger partial charge < -0.3 is 4.74 Å². The van der Waals surface area contributed by atoms with Gasteiger partial charge in [-0.3, -0.25) is 9.69 Å². The Labute approximate surface area is 120 Å². The van der Waals surface area contributed by atoms with Crippen LogP contribution in [0.15, 0.2) is 30.3 Å². The normalized spacial score (nSPS) is 12.7. The summed E-state index contributed by atoms with van der Waals surface area (Å²) in [6, 6.07) is 9.39. The topological polar surface area (TPSA) is 46.6 Å². The molecule has 0 aliphatic carbocycles. The van der Waals surface area contributed by atoms with Crippen molar-refractivity contribution in [2.24, 2.45) is 0 Å². The van der Waals surface area contributed by atoms with Gasteiger partial charge in [-0.05, 0) is 40.2 Å². The third-order valence-corrected chi connectivity index (χ3v) is 2.77. The van der Waals surface area contributed by atoms with Crippen molar-refractivity contribution in [3.63, 3.8) is 0 Å². The van der Waals surface area contributed by atoms with Crippen LogP contribution in [0.4, 0.5) is 4.79 Å². The summed E-state index contributed by atoms with van der Waals surface area (Å²) < 4.78 is 5.38. The first-order valence-electron chi connectivity index (χ1n) is 6.74. The monoisotopic (exact) mass is 277 g/mol. The Morgan fingerprint density at radius 2 is 1.75 bits per heavy atom. The molecule has 0 aromatic heterocycles. The van der Waals surface area contributed by atoms with E-state index in [0.717, 1.165) is 5.56 Å². The average Bonchev–Trinajstić information content (AvgIpc) is 2.34. The molecule has 0 fully saturated rings. The molecule has 4 nitrogen and oxygen atoms in total. The van der Waals surface area contributed by atoms with Crippen molar-refractivity contribution in [2.75, 3.05) is 6.54 Å². The molecule has 0 N–H and O–H groups in total. The van der Waals surface area contributed by atoms with Gasteiger partial charge in [0.15, 0.2) is 0 Å². The number of ether oxygens (including phenoxy) is 1. The SMILES string of the molecule is CC(=O)CN(C(=O)OC(C)(C)C)C(C)c1ccccc1. The first-order chi connectivity index (χ1) is 9.20. The van der Waals surface area contributed by atoms with Crippen molar-refractivity contribution >= 4 is 11.9 Å². The lowest BCUT2D eigenvalue weighted by atomic mass is 10.1. The van der Waals surface area contributed by atoms with Gasteiger partial charge in [0.1, 0.15) is 11.4 Å². The second-order valence-corrected chi connectivity index (χ2v) is 5.90. The minimum atomic E-state index is -0.581. The lowest BCUT2D eigenvalue weighted by molar-refractivity contribution is -0.118. The molecule has 0 spiro atoms. The Morgan fingerprint density at radius 1 is 1.20 bits per heavy atom. The predicted octanol–water partition coefficient (Wildman–Crippen LogP) is 3.57. The van der Waals surface area contributed by atoms with E-state index in [0.29, 0.717) is 0 Å². The van der Waals surface area contributed by atoms with E-state index in [9.17, 15) is 9.59 Å². The summed E-state index contributed by atoms with van der Waals surface area (Å²) in [5.74, 6) is -0.0707. The Bertz CT molecular complexity index is 462. The van der Waals surface area contributed by atoms with Crippen LogP contribution in [0, 0.1) is 0 Å². The first kappa shape index (κ1) is 16.2. The van der Waals surface area contributed by atoms with Gasteiger partial charge in [0, 0.05) is 0 Å². The lowest BCUT2D eigenvalue weighted by Gasteiger charge is -2.31. The van der Waals surface area contributed by atoms with Crippen LogP contribution >= 0.6 is 0 Å². The maximum atomic E-state index is 12.3. The van der Waals surface area contributed by atoms with Crippen LogP contribution in [0.5, 0.6) is 0 Å². The molecule has 1 aromatic carbocycles. The molecule has 0 radical (unpaired) electrons. The molecule has 20 heavy (non-hydrogen) atoms. The van der Waals surface area contributed by atoms with Gasteiger partial charge in [-0.25, -0.2) is 4.79 Å². The summed E-state index contributed by atoms with van der Waals surface area (Å²) in [5.41, 5.74) is 0.391. The lowest BCUT2D eigenvalue weighted by Crippen LogP contribution is -2.40. The maximum absolute atomic E-state index is 12.3. The molecule has 1 aromatic rings. The number of carbonyl (C=O) groups excluding carboxylic acids is 2. The molecule has 0 heterocycles. The molecule has 0 bridgehead atoms. The fraction of sp³-hybridized carbons (Fsp3) is 0.500. The third kappa shape index (κ3) is 5.03. The number of hydrogen-bond donors (Lipinski definition) is 0. The zero-order valence-electron chi connectivity index (χ0n) is 12.8. The van der Waals surface area contributed by atoms with Crippen LogP contribution in [0.2, 0.25) is 0 Å². The molecule has 0 aliphatic heterocycles. The Morgan fingerprint density at radius 3 is 2.20 bits per heavy atom. The second-order valence-electron chi connectivity index (χ2n) is 5.90. The van der Waals surface area contributed by atoms with Gasteiger partial charge in [0.05, 0.1) is 12.6 Å². The summed E-state index contributed by atoms with van der Waals surface area (Å²) >= 11 is 0. The molecular formula is C16H23NO3. The van der Waals surface area contributed by atoms with Crippen LogP contribution in [-0.2, 0) is 9.53 Å². The molecule has 1 amide bonds. The molecular weight excluding hydrogens is 254 g/mol. The van der Waals surface area contributed by atoms with Crippen LogP contribution in [0.25, 0.3) is 0 Å². The average molecular weight is 277 g/mol. The Hall–Kier alpha value is -1.84. The number of ketones is 1. The Kier molecular flexibility index (Phi) is 5.31. The van der Waals surface area contributed by atoms with Gasteiger partial charge in [-0.2, -0.15) is 0 Å². The predicted molar refractivity (Wildman–Crippen MR) is 78.5 cm³/mol.